The maximum atomic E-state index is 12.2. The van der Waals surface area contributed by atoms with E-state index >= 15 is 0 Å². The van der Waals surface area contributed by atoms with Gasteiger partial charge in [-0.3, -0.25) is 9.59 Å². The summed E-state index contributed by atoms with van der Waals surface area (Å²) in [4.78, 5) is 29.0. The van der Waals surface area contributed by atoms with Crippen LogP contribution in [-0.2, 0) is 14.3 Å². The number of halogens is 2. The molecule has 0 aliphatic rings. The molecule has 132 valence electrons. The number of nitrogens with one attached hydrogen (secondary N) is 1. The zero-order valence-electron chi connectivity index (χ0n) is 13.5. The second kappa shape index (κ2) is 9.08. The number of ether oxygens (including phenoxy) is 1. The predicted molar refractivity (Wildman–Crippen MR) is 100 cm³/mol. The number of nitrogens with zero attached hydrogens (tertiary/aromatic N) is 1. The first kappa shape index (κ1) is 19.6. The molecule has 0 spiro atoms. The summed E-state index contributed by atoms with van der Waals surface area (Å²) in [6.45, 7) is 3.21. The standard InChI is InChI=1S/C17H16Cl2N2O3S/c1-10(16(22)21-14-4-3-9-20-15(14)19)24-17(23)11(2)25-13-7-5-12(18)6-8-13/h3-11H,1-2H3,(H,21,22)/t10-,11+/m0/s1. The Morgan fingerprint density at radius 3 is 2.48 bits per heavy atom. The van der Waals surface area contributed by atoms with E-state index in [9.17, 15) is 9.59 Å². The molecule has 0 saturated heterocycles. The Hall–Kier alpha value is -1.76. The molecule has 0 saturated carbocycles. The highest BCUT2D eigenvalue weighted by molar-refractivity contribution is 8.00. The molecule has 0 unspecified atom stereocenters. The molecule has 2 rings (SSSR count). The van der Waals surface area contributed by atoms with Gasteiger partial charge < -0.3 is 10.1 Å². The van der Waals surface area contributed by atoms with Crippen molar-refractivity contribution in [1.29, 1.82) is 0 Å². The van der Waals surface area contributed by atoms with Crippen LogP contribution in [-0.4, -0.2) is 28.2 Å². The maximum absolute atomic E-state index is 12.2. The predicted octanol–water partition coefficient (Wildman–Crippen LogP) is 4.44. The van der Waals surface area contributed by atoms with Gasteiger partial charge in [-0.25, -0.2) is 4.98 Å². The second-order valence-electron chi connectivity index (χ2n) is 5.12. The number of pyridine rings is 1. The summed E-state index contributed by atoms with van der Waals surface area (Å²) in [6, 6.07) is 10.4. The van der Waals surface area contributed by atoms with Gasteiger partial charge in [-0.1, -0.05) is 23.2 Å². The van der Waals surface area contributed by atoms with Crippen LogP contribution in [0.2, 0.25) is 10.2 Å². The zero-order valence-corrected chi connectivity index (χ0v) is 15.9. The Labute approximate surface area is 160 Å². The molecule has 5 nitrogen and oxygen atoms in total. The molecule has 2 atom stereocenters. The molecule has 0 aliphatic heterocycles. The Kier molecular flexibility index (Phi) is 7.11. The van der Waals surface area contributed by atoms with E-state index in [4.69, 9.17) is 27.9 Å². The fourth-order valence-electron chi connectivity index (χ4n) is 1.80. The molecule has 1 aromatic carbocycles. The zero-order chi connectivity index (χ0) is 18.4. The number of hydrogen-bond acceptors (Lipinski definition) is 5. The normalized spacial score (nSPS) is 13.0. The first-order valence-corrected chi connectivity index (χ1v) is 9.04. The van der Waals surface area contributed by atoms with Crippen LogP contribution in [0.5, 0.6) is 0 Å². The van der Waals surface area contributed by atoms with Crippen molar-refractivity contribution in [3.05, 3.63) is 52.8 Å². The van der Waals surface area contributed by atoms with Gasteiger partial charge in [-0.2, -0.15) is 0 Å². The molecule has 25 heavy (non-hydrogen) atoms. The summed E-state index contributed by atoms with van der Waals surface area (Å²) in [6.07, 6.45) is 0.550. The lowest BCUT2D eigenvalue weighted by molar-refractivity contribution is -0.152. The number of amides is 1. The number of esters is 1. The summed E-state index contributed by atoms with van der Waals surface area (Å²) in [5, 5.41) is 2.90. The first-order valence-electron chi connectivity index (χ1n) is 7.41. The largest absolute Gasteiger partial charge is 0.452 e. The number of thioether (sulfide) groups is 1. The van der Waals surface area contributed by atoms with Crippen LogP contribution < -0.4 is 5.32 Å². The fraction of sp³-hybridized carbons (Fsp3) is 0.235. The number of hydrogen-bond donors (Lipinski definition) is 1. The number of carbonyl (C=O) groups is 2. The van der Waals surface area contributed by atoms with Crippen LogP contribution in [0.1, 0.15) is 13.8 Å². The third-order valence-corrected chi connectivity index (χ3v) is 4.78. The molecule has 0 radical (unpaired) electrons. The Morgan fingerprint density at radius 2 is 1.84 bits per heavy atom. The quantitative estimate of drug-likeness (QED) is 0.442. The van der Waals surface area contributed by atoms with E-state index in [1.807, 2.05) is 12.1 Å². The molecule has 1 amide bonds. The van der Waals surface area contributed by atoms with Crippen molar-refractivity contribution in [1.82, 2.24) is 4.98 Å². The lowest BCUT2D eigenvalue weighted by Crippen LogP contribution is -2.32. The van der Waals surface area contributed by atoms with E-state index in [-0.39, 0.29) is 5.15 Å². The highest BCUT2D eigenvalue weighted by Gasteiger charge is 2.23. The summed E-state index contributed by atoms with van der Waals surface area (Å²) >= 11 is 13.0. The summed E-state index contributed by atoms with van der Waals surface area (Å²) < 4.78 is 5.22. The van der Waals surface area contributed by atoms with Gasteiger partial charge in [0.1, 0.15) is 5.25 Å². The maximum Gasteiger partial charge on any atom is 0.319 e. The third kappa shape index (κ3) is 5.92. The van der Waals surface area contributed by atoms with Crippen LogP contribution in [0.15, 0.2) is 47.5 Å². The molecular weight excluding hydrogens is 383 g/mol. The van der Waals surface area contributed by atoms with Gasteiger partial charge in [0.2, 0.25) is 0 Å². The van der Waals surface area contributed by atoms with Gasteiger partial charge in [-0.05, 0) is 50.2 Å². The first-order chi connectivity index (χ1) is 11.9. The van der Waals surface area contributed by atoms with E-state index < -0.39 is 23.2 Å². The Balaban J connectivity index is 1.89. The van der Waals surface area contributed by atoms with Gasteiger partial charge in [0, 0.05) is 16.1 Å². The molecule has 8 heteroatoms. The van der Waals surface area contributed by atoms with Crippen molar-refractivity contribution < 1.29 is 14.3 Å². The van der Waals surface area contributed by atoms with Gasteiger partial charge in [0.25, 0.3) is 5.91 Å². The average Bonchev–Trinajstić information content (AvgIpc) is 2.58. The fourth-order valence-corrected chi connectivity index (χ4v) is 2.95. The molecule has 0 bridgehead atoms. The van der Waals surface area contributed by atoms with Gasteiger partial charge in [0.15, 0.2) is 11.3 Å². The van der Waals surface area contributed by atoms with Crippen LogP contribution in [0, 0.1) is 0 Å². The van der Waals surface area contributed by atoms with Crippen molar-refractivity contribution >= 4 is 52.5 Å². The summed E-state index contributed by atoms with van der Waals surface area (Å²) in [5.74, 6) is -0.966. The minimum absolute atomic E-state index is 0.168. The van der Waals surface area contributed by atoms with Crippen molar-refractivity contribution in [2.24, 2.45) is 0 Å². The lowest BCUT2D eigenvalue weighted by atomic mass is 10.3. The number of carbonyl (C=O) groups excluding carboxylic acids is 2. The third-order valence-electron chi connectivity index (χ3n) is 3.14. The molecular formula is C17H16Cl2N2O3S. The van der Waals surface area contributed by atoms with Crippen LogP contribution in [0.4, 0.5) is 5.69 Å². The van der Waals surface area contributed by atoms with Gasteiger partial charge in [0.05, 0.1) is 5.69 Å². The molecule has 0 aliphatic carbocycles. The minimum atomic E-state index is -0.961. The van der Waals surface area contributed by atoms with Crippen LogP contribution in [0.3, 0.4) is 0 Å². The lowest BCUT2D eigenvalue weighted by Gasteiger charge is -2.16. The van der Waals surface area contributed by atoms with Gasteiger partial charge >= 0.3 is 5.97 Å². The van der Waals surface area contributed by atoms with Gasteiger partial charge in [-0.15, -0.1) is 11.8 Å². The Bertz CT molecular complexity index is 756. The highest BCUT2D eigenvalue weighted by Crippen LogP contribution is 2.25. The molecule has 2 aromatic rings. The van der Waals surface area contributed by atoms with E-state index in [0.717, 1.165) is 4.90 Å². The van der Waals surface area contributed by atoms with Crippen molar-refractivity contribution in [3.8, 4) is 0 Å². The topological polar surface area (TPSA) is 68.3 Å². The van der Waals surface area contributed by atoms with Crippen LogP contribution >= 0.6 is 35.0 Å². The van der Waals surface area contributed by atoms with Crippen LogP contribution in [0.25, 0.3) is 0 Å². The van der Waals surface area contributed by atoms with Crippen molar-refractivity contribution in [2.45, 2.75) is 30.1 Å². The SMILES string of the molecule is C[C@H](OC(=O)[C@@H](C)Sc1ccc(Cl)cc1)C(=O)Nc1cccnc1Cl. The number of benzene rings is 1. The highest BCUT2D eigenvalue weighted by atomic mass is 35.5. The van der Waals surface area contributed by atoms with E-state index in [1.165, 1.54) is 24.9 Å². The number of anilines is 1. The molecule has 1 N–H and O–H groups in total. The van der Waals surface area contributed by atoms with E-state index in [1.54, 1.807) is 31.2 Å². The van der Waals surface area contributed by atoms with Crippen molar-refractivity contribution in [3.63, 3.8) is 0 Å². The number of rotatable bonds is 6. The molecule has 0 fully saturated rings. The second-order valence-corrected chi connectivity index (χ2v) is 7.33. The number of aromatic nitrogens is 1. The molecule has 1 aromatic heterocycles. The molecule has 1 heterocycles. The van der Waals surface area contributed by atoms with E-state index in [0.29, 0.717) is 10.7 Å². The summed E-state index contributed by atoms with van der Waals surface area (Å²) in [7, 11) is 0. The average molecular weight is 399 g/mol. The van der Waals surface area contributed by atoms with E-state index in [2.05, 4.69) is 10.3 Å². The summed E-state index contributed by atoms with van der Waals surface area (Å²) in [5.41, 5.74) is 0.362. The van der Waals surface area contributed by atoms with Crippen molar-refractivity contribution in [2.75, 3.05) is 5.32 Å². The monoisotopic (exact) mass is 398 g/mol. The smallest absolute Gasteiger partial charge is 0.319 e. The Morgan fingerprint density at radius 1 is 1.16 bits per heavy atom. The minimum Gasteiger partial charge on any atom is -0.452 e.